The van der Waals surface area contributed by atoms with Gasteiger partial charge in [0.15, 0.2) is 0 Å². The Balaban J connectivity index is 1.84. The molecule has 0 saturated carbocycles. The summed E-state index contributed by atoms with van der Waals surface area (Å²) in [5.74, 6) is 0.154. The Labute approximate surface area is 161 Å². The lowest BCUT2D eigenvalue weighted by Crippen LogP contribution is -2.30. The number of halogens is 1. The fraction of sp³-hybridized carbons (Fsp3) is 0.238. The zero-order valence-corrected chi connectivity index (χ0v) is 16.1. The summed E-state index contributed by atoms with van der Waals surface area (Å²) < 4.78 is 7.69. The normalized spacial score (nSPS) is 15.5. The number of rotatable bonds is 2. The van der Waals surface area contributed by atoms with Crippen molar-refractivity contribution in [2.45, 2.75) is 33.4 Å². The molecule has 1 N–H and O–H groups in total. The van der Waals surface area contributed by atoms with Gasteiger partial charge in [0.05, 0.1) is 22.5 Å². The molecule has 0 radical (unpaired) electrons. The Bertz CT molecular complexity index is 1150. The van der Waals surface area contributed by atoms with Crippen LogP contribution in [-0.4, -0.2) is 16.6 Å². The summed E-state index contributed by atoms with van der Waals surface area (Å²) in [7, 11) is 0. The van der Waals surface area contributed by atoms with Crippen molar-refractivity contribution in [3.8, 4) is 5.75 Å². The second-order valence-electron chi connectivity index (χ2n) is 6.98. The fourth-order valence-corrected chi connectivity index (χ4v) is 3.65. The molecule has 0 bridgehead atoms. The molecule has 1 aromatic heterocycles. The summed E-state index contributed by atoms with van der Waals surface area (Å²) >= 11 is 6.30. The molecule has 2 aromatic carbocycles. The molecule has 27 heavy (non-hydrogen) atoms. The van der Waals surface area contributed by atoms with Crippen molar-refractivity contribution in [1.29, 1.82) is 0 Å². The SMILES string of the molecule is Cc1ccc(NC(=O)c2cn3c4c(ccc(Cl)c4c2=O)OC(C)C3)cc1C. The zero-order chi connectivity index (χ0) is 19.3. The number of nitrogens with zero attached hydrogens (tertiary/aromatic N) is 1. The Morgan fingerprint density at radius 3 is 2.74 bits per heavy atom. The highest BCUT2D eigenvalue weighted by atomic mass is 35.5. The minimum Gasteiger partial charge on any atom is -0.487 e. The standard InChI is InChI=1S/C21H19ClN2O3/c1-11-4-5-14(8-12(11)2)23-21(26)15-10-24-9-13(3)27-17-7-6-16(22)18(19(17)24)20(15)25/h4-8,10,13H,9H2,1-3H3,(H,23,26). The van der Waals surface area contributed by atoms with Crippen molar-refractivity contribution in [2.24, 2.45) is 0 Å². The van der Waals surface area contributed by atoms with Crippen LogP contribution in [0.5, 0.6) is 5.75 Å². The highest BCUT2D eigenvalue weighted by Gasteiger charge is 2.24. The second kappa shape index (κ2) is 6.43. The van der Waals surface area contributed by atoms with Crippen molar-refractivity contribution in [3.05, 3.63) is 68.5 Å². The Morgan fingerprint density at radius 1 is 1.22 bits per heavy atom. The van der Waals surface area contributed by atoms with Gasteiger partial charge in [-0.1, -0.05) is 17.7 Å². The number of benzene rings is 2. The molecule has 3 aromatic rings. The predicted octanol–water partition coefficient (Wildman–Crippen LogP) is 4.30. The maximum Gasteiger partial charge on any atom is 0.261 e. The number of pyridine rings is 1. The first-order valence-corrected chi connectivity index (χ1v) is 9.14. The van der Waals surface area contributed by atoms with Gasteiger partial charge in [0.1, 0.15) is 17.4 Å². The van der Waals surface area contributed by atoms with Crippen LogP contribution in [0.15, 0.2) is 41.3 Å². The minimum atomic E-state index is -0.450. The zero-order valence-electron chi connectivity index (χ0n) is 15.3. The van der Waals surface area contributed by atoms with Gasteiger partial charge in [-0.25, -0.2) is 0 Å². The lowest BCUT2D eigenvalue weighted by Gasteiger charge is -2.26. The third-order valence-corrected chi connectivity index (χ3v) is 5.24. The van der Waals surface area contributed by atoms with Gasteiger partial charge in [0.2, 0.25) is 5.43 Å². The molecule has 6 heteroatoms. The van der Waals surface area contributed by atoms with E-state index in [-0.39, 0.29) is 11.7 Å². The van der Waals surface area contributed by atoms with Gasteiger partial charge < -0.3 is 14.6 Å². The molecule has 0 saturated heterocycles. The van der Waals surface area contributed by atoms with Crippen LogP contribution in [0, 0.1) is 13.8 Å². The molecular formula is C21H19ClN2O3. The van der Waals surface area contributed by atoms with E-state index in [9.17, 15) is 9.59 Å². The van der Waals surface area contributed by atoms with Gasteiger partial charge in [-0.05, 0) is 56.2 Å². The lowest BCUT2D eigenvalue weighted by molar-refractivity contribution is 0.102. The van der Waals surface area contributed by atoms with Crippen LogP contribution in [0.2, 0.25) is 5.02 Å². The van der Waals surface area contributed by atoms with E-state index in [0.29, 0.717) is 33.9 Å². The molecule has 0 aliphatic carbocycles. The molecule has 0 fully saturated rings. The smallest absolute Gasteiger partial charge is 0.261 e. The lowest BCUT2D eigenvalue weighted by atomic mass is 10.1. The molecule has 1 atom stereocenters. The van der Waals surface area contributed by atoms with Crippen LogP contribution in [0.4, 0.5) is 5.69 Å². The number of hydrogen-bond acceptors (Lipinski definition) is 3. The van der Waals surface area contributed by atoms with Crippen molar-refractivity contribution in [3.63, 3.8) is 0 Å². The van der Waals surface area contributed by atoms with Crippen molar-refractivity contribution < 1.29 is 9.53 Å². The van der Waals surface area contributed by atoms with E-state index in [1.54, 1.807) is 18.3 Å². The molecule has 1 aliphatic rings. The third kappa shape index (κ3) is 2.98. The van der Waals surface area contributed by atoms with Crippen LogP contribution in [0.3, 0.4) is 0 Å². The number of hydrogen-bond donors (Lipinski definition) is 1. The van der Waals surface area contributed by atoms with Crippen LogP contribution < -0.4 is 15.5 Å². The molecular weight excluding hydrogens is 364 g/mol. The quantitative estimate of drug-likeness (QED) is 0.718. The van der Waals surface area contributed by atoms with Gasteiger partial charge in [0, 0.05) is 11.9 Å². The first-order chi connectivity index (χ1) is 12.8. The van der Waals surface area contributed by atoms with Crippen LogP contribution >= 0.6 is 11.6 Å². The predicted molar refractivity (Wildman–Crippen MR) is 107 cm³/mol. The van der Waals surface area contributed by atoms with E-state index < -0.39 is 11.3 Å². The number of nitrogens with one attached hydrogen (secondary N) is 1. The summed E-state index contributed by atoms with van der Waals surface area (Å²) in [5.41, 5.74) is 3.15. The largest absolute Gasteiger partial charge is 0.487 e. The van der Waals surface area contributed by atoms with E-state index in [2.05, 4.69) is 5.32 Å². The highest BCUT2D eigenvalue weighted by Crippen LogP contribution is 2.33. The van der Waals surface area contributed by atoms with Crippen molar-refractivity contribution in [2.75, 3.05) is 5.32 Å². The van der Waals surface area contributed by atoms with Crippen LogP contribution in [0.1, 0.15) is 28.4 Å². The first kappa shape index (κ1) is 17.6. The molecule has 5 nitrogen and oxygen atoms in total. The topological polar surface area (TPSA) is 60.3 Å². The molecule has 1 aliphatic heterocycles. The number of carbonyl (C=O) groups excluding carboxylic acids is 1. The molecule has 1 unspecified atom stereocenters. The van der Waals surface area contributed by atoms with Crippen molar-refractivity contribution in [1.82, 2.24) is 4.57 Å². The monoisotopic (exact) mass is 382 g/mol. The fourth-order valence-electron chi connectivity index (χ4n) is 3.41. The number of carbonyl (C=O) groups is 1. The Hall–Kier alpha value is -2.79. The summed E-state index contributed by atoms with van der Waals surface area (Å²) in [5, 5.41) is 3.45. The summed E-state index contributed by atoms with van der Waals surface area (Å²) in [6, 6.07) is 9.03. The highest BCUT2D eigenvalue weighted by molar-refractivity contribution is 6.35. The Kier molecular flexibility index (Phi) is 4.19. The summed E-state index contributed by atoms with van der Waals surface area (Å²) in [4.78, 5) is 25.9. The average Bonchev–Trinajstić information content (AvgIpc) is 2.62. The number of amides is 1. The Morgan fingerprint density at radius 2 is 2.00 bits per heavy atom. The van der Waals surface area contributed by atoms with E-state index in [1.165, 1.54) is 0 Å². The van der Waals surface area contributed by atoms with Crippen LogP contribution in [-0.2, 0) is 6.54 Å². The van der Waals surface area contributed by atoms with Gasteiger partial charge in [0.25, 0.3) is 5.91 Å². The maximum absolute atomic E-state index is 13.0. The maximum atomic E-state index is 13.0. The molecule has 2 heterocycles. The molecule has 138 valence electrons. The number of ether oxygens (including phenoxy) is 1. The van der Waals surface area contributed by atoms with Crippen LogP contribution in [0.25, 0.3) is 10.9 Å². The molecule has 1 amide bonds. The number of anilines is 1. The third-order valence-electron chi connectivity index (χ3n) is 4.93. The number of aryl methyl sites for hydroxylation is 2. The van der Waals surface area contributed by atoms with E-state index >= 15 is 0 Å². The molecule has 0 spiro atoms. The number of aromatic nitrogens is 1. The van der Waals surface area contributed by atoms with Gasteiger partial charge >= 0.3 is 0 Å². The van der Waals surface area contributed by atoms with E-state index in [4.69, 9.17) is 16.3 Å². The average molecular weight is 383 g/mol. The molecule has 4 rings (SSSR count). The van der Waals surface area contributed by atoms with Gasteiger partial charge in [-0.3, -0.25) is 9.59 Å². The van der Waals surface area contributed by atoms with E-state index in [1.807, 2.05) is 43.5 Å². The van der Waals surface area contributed by atoms with Crippen molar-refractivity contribution >= 4 is 34.1 Å². The summed E-state index contributed by atoms with van der Waals surface area (Å²) in [6.07, 6.45) is 1.53. The van der Waals surface area contributed by atoms with E-state index in [0.717, 1.165) is 11.1 Å². The van der Waals surface area contributed by atoms with Gasteiger partial charge in [-0.15, -0.1) is 0 Å². The minimum absolute atomic E-state index is 0.0638. The summed E-state index contributed by atoms with van der Waals surface area (Å²) in [6.45, 7) is 6.46. The second-order valence-corrected chi connectivity index (χ2v) is 7.38. The van der Waals surface area contributed by atoms with Gasteiger partial charge in [-0.2, -0.15) is 0 Å². The first-order valence-electron chi connectivity index (χ1n) is 8.76.